The Balaban J connectivity index is 0.00000121. The number of benzene rings is 2. The van der Waals surface area contributed by atoms with Crippen molar-refractivity contribution >= 4 is 24.8 Å². The molecule has 0 amide bonds. The summed E-state index contributed by atoms with van der Waals surface area (Å²) in [4.78, 5) is 5.29. The minimum absolute atomic E-state index is 0. The molecule has 2 aromatic rings. The molecule has 1 heterocycles. The van der Waals surface area contributed by atoms with Crippen molar-refractivity contribution in [2.45, 2.75) is 25.8 Å². The largest absolute Gasteiger partial charge is 0.301 e. The summed E-state index contributed by atoms with van der Waals surface area (Å²) < 4.78 is 0. The first kappa shape index (κ1) is 21.2. The van der Waals surface area contributed by atoms with Crippen LogP contribution in [0.15, 0.2) is 54.6 Å². The summed E-state index contributed by atoms with van der Waals surface area (Å²) in [5, 5.41) is 0. The van der Waals surface area contributed by atoms with Crippen LogP contribution in [0.3, 0.4) is 0 Å². The monoisotopic (exact) mass is 392 g/mol. The molecule has 4 heteroatoms. The van der Waals surface area contributed by atoms with Crippen molar-refractivity contribution in [2.24, 2.45) is 5.92 Å². The minimum atomic E-state index is 0. The first-order chi connectivity index (χ1) is 11.9. The molecule has 2 aromatic carbocycles. The summed E-state index contributed by atoms with van der Waals surface area (Å²) in [5.41, 5.74) is 4.62. The van der Waals surface area contributed by atoms with Gasteiger partial charge in [-0.1, -0.05) is 54.6 Å². The number of piperazine rings is 1. The molecule has 1 aliphatic carbocycles. The maximum Gasteiger partial charge on any atom is 0.0234 e. The second kappa shape index (κ2) is 10.3. The van der Waals surface area contributed by atoms with Crippen LogP contribution in [0.2, 0.25) is 0 Å². The second-order valence-electron chi connectivity index (χ2n) is 7.44. The molecule has 0 aromatic heterocycles. The molecule has 0 spiro atoms. The Kier molecular flexibility index (Phi) is 8.43. The van der Waals surface area contributed by atoms with Gasteiger partial charge in [0.1, 0.15) is 0 Å². The summed E-state index contributed by atoms with van der Waals surface area (Å²) in [6.07, 6.45) is 3.91. The van der Waals surface area contributed by atoms with E-state index in [1.807, 2.05) is 0 Å². The number of halogens is 2. The van der Waals surface area contributed by atoms with Gasteiger partial charge in [0.2, 0.25) is 0 Å². The van der Waals surface area contributed by atoms with Crippen molar-refractivity contribution in [1.82, 2.24) is 9.80 Å². The van der Waals surface area contributed by atoms with Gasteiger partial charge in [0, 0.05) is 39.3 Å². The van der Waals surface area contributed by atoms with Crippen LogP contribution in [0.4, 0.5) is 0 Å². The molecule has 0 radical (unpaired) electrons. The van der Waals surface area contributed by atoms with Gasteiger partial charge >= 0.3 is 0 Å². The van der Waals surface area contributed by atoms with Gasteiger partial charge in [0.25, 0.3) is 0 Å². The maximum atomic E-state index is 2.69. The van der Waals surface area contributed by atoms with Crippen LogP contribution in [0.25, 0.3) is 0 Å². The summed E-state index contributed by atoms with van der Waals surface area (Å²) >= 11 is 0. The summed E-state index contributed by atoms with van der Waals surface area (Å²) in [5.74, 6) is 0.848. The SMILES string of the molecule is Cl.Cl.c1ccc(CN2CCN(CC3CCc4ccccc4C3)CC2)cc1. The molecule has 2 nitrogen and oxygen atoms in total. The lowest BCUT2D eigenvalue weighted by Crippen LogP contribution is -2.47. The predicted molar refractivity (Wildman–Crippen MR) is 115 cm³/mol. The van der Waals surface area contributed by atoms with Crippen molar-refractivity contribution in [3.8, 4) is 0 Å². The number of hydrogen-bond acceptors (Lipinski definition) is 2. The molecular weight excluding hydrogens is 363 g/mol. The van der Waals surface area contributed by atoms with Crippen LogP contribution in [0, 0.1) is 5.92 Å². The van der Waals surface area contributed by atoms with Crippen LogP contribution in [-0.2, 0) is 19.4 Å². The zero-order valence-corrected chi connectivity index (χ0v) is 17.0. The van der Waals surface area contributed by atoms with Crippen LogP contribution < -0.4 is 0 Å². The highest BCUT2D eigenvalue weighted by atomic mass is 35.5. The van der Waals surface area contributed by atoms with Crippen molar-refractivity contribution in [2.75, 3.05) is 32.7 Å². The van der Waals surface area contributed by atoms with Crippen LogP contribution in [-0.4, -0.2) is 42.5 Å². The Morgan fingerprint density at radius 1 is 0.731 bits per heavy atom. The highest BCUT2D eigenvalue weighted by Gasteiger charge is 2.23. The van der Waals surface area contributed by atoms with Gasteiger partial charge < -0.3 is 4.90 Å². The van der Waals surface area contributed by atoms with E-state index in [-0.39, 0.29) is 24.8 Å². The Labute approximate surface area is 170 Å². The lowest BCUT2D eigenvalue weighted by atomic mass is 9.83. The third kappa shape index (κ3) is 5.47. The molecule has 26 heavy (non-hydrogen) atoms. The fourth-order valence-corrected chi connectivity index (χ4v) is 4.27. The summed E-state index contributed by atoms with van der Waals surface area (Å²) in [7, 11) is 0. The molecule has 1 unspecified atom stereocenters. The first-order valence-corrected chi connectivity index (χ1v) is 9.42. The van der Waals surface area contributed by atoms with Gasteiger partial charge in [0.15, 0.2) is 0 Å². The van der Waals surface area contributed by atoms with Crippen molar-refractivity contribution in [3.63, 3.8) is 0 Å². The van der Waals surface area contributed by atoms with E-state index in [0.717, 1.165) is 12.5 Å². The van der Waals surface area contributed by atoms with Gasteiger partial charge in [-0.25, -0.2) is 0 Å². The van der Waals surface area contributed by atoms with Crippen LogP contribution in [0.5, 0.6) is 0 Å². The maximum absolute atomic E-state index is 2.69. The van der Waals surface area contributed by atoms with Gasteiger partial charge in [-0.15, -0.1) is 24.8 Å². The summed E-state index contributed by atoms with van der Waals surface area (Å²) in [6, 6.07) is 19.9. The van der Waals surface area contributed by atoms with E-state index in [2.05, 4.69) is 64.4 Å². The molecule has 0 N–H and O–H groups in total. The molecule has 1 saturated heterocycles. The van der Waals surface area contributed by atoms with E-state index < -0.39 is 0 Å². The second-order valence-corrected chi connectivity index (χ2v) is 7.44. The molecule has 142 valence electrons. The van der Waals surface area contributed by atoms with Gasteiger partial charge in [-0.05, 0) is 41.9 Å². The van der Waals surface area contributed by atoms with Crippen LogP contribution in [0.1, 0.15) is 23.1 Å². The standard InChI is InChI=1S/C22H28N2.2ClH/c1-2-6-19(7-3-1)17-23-12-14-24(15-13-23)18-20-10-11-21-8-4-5-9-22(21)16-20;;/h1-9,20H,10-18H2;2*1H. The smallest absolute Gasteiger partial charge is 0.0234 e. The average Bonchev–Trinajstić information content (AvgIpc) is 2.64. The lowest BCUT2D eigenvalue weighted by molar-refractivity contribution is 0.110. The average molecular weight is 393 g/mol. The minimum Gasteiger partial charge on any atom is -0.301 e. The summed E-state index contributed by atoms with van der Waals surface area (Å²) in [6.45, 7) is 7.26. The number of fused-ring (bicyclic) bond motifs is 1. The molecule has 1 atom stereocenters. The zero-order chi connectivity index (χ0) is 16.2. The highest BCUT2D eigenvalue weighted by molar-refractivity contribution is 5.85. The third-order valence-corrected chi connectivity index (χ3v) is 5.68. The third-order valence-electron chi connectivity index (χ3n) is 5.68. The fraction of sp³-hybridized carbons (Fsp3) is 0.455. The topological polar surface area (TPSA) is 6.48 Å². The van der Waals surface area contributed by atoms with Crippen molar-refractivity contribution < 1.29 is 0 Å². The fourth-order valence-electron chi connectivity index (χ4n) is 4.27. The van der Waals surface area contributed by atoms with Gasteiger partial charge in [0.05, 0.1) is 0 Å². The Bertz CT molecular complexity index is 654. The predicted octanol–water partition coefficient (Wildman–Crippen LogP) is 4.45. The Hall–Kier alpha value is -1.06. The van der Waals surface area contributed by atoms with Gasteiger partial charge in [-0.3, -0.25) is 4.90 Å². The van der Waals surface area contributed by atoms with E-state index in [1.54, 1.807) is 11.1 Å². The first-order valence-electron chi connectivity index (χ1n) is 9.42. The number of aryl methyl sites for hydroxylation is 1. The Morgan fingerprint density at radius 3 is 2.08 bits per heavy atom. The van der Waals surface area contributed by atoms with E-state index >= 15 is 0 Å². The molecule has 1 aliphatic heterocycles. The number of rotatable bonds is 4. The van der Waals surface area contributed by atoms with Crippen LogP contribution >= 0.6 is 24.8 Å². The molecular formula is C22H30Cl2N2. The molecule has 1 fully saturated rings. The lowest BCUT2D eigenvalue weighted by Gasteiger charge is -2.37. The molecule has 0 saturated carbocycles. The van der Waals surface area contributed by atoms with E-state index in [4.69, 9.17) is 0 Å². The normalized spacial score (nSPS) is 20.5. The van der Waals surface area contributed by atoms with E-state index in [1.165, 1.54) is 57.5 Å². The number of nitrogens with zero attached hydrogens (tertiary/aromatic N) is 2. The molecule has 4 rings (SSSR count). The zero-order valence-electron chi connectivity index (χ0n) is 15.3. The Morgan fingerprint density at radius 2 is 1.35 bits per heavy atom. The van der Waals surface area contributed by atoms with Crippen molar-refractivity contribution in [3.05, 3.63) is 71.3 Å². The number of hydrogen-bond donors (Lipinski definition) is 0. The van der Waals surface area contributed by atoms with E-state index in [9.17, 15) is 0 Å². The molecule has 2 aliphatic rings. The van der Waals surface area contributed by atoms with Gasteiger partial charge in [-0.2, -0.15) is 0 Å². The van der Waals surface area contributed by atoms with Crippen molar-refractivity contribution in [1.29, 1.82) is 0 Å². The molecule has 0 bridgehead atoms. The quantitative estimate of drug-likeness (QED) is 0.757. The highest BCUT2D eigenvalue weighted by Crippen LogP contribution is 2.26. The van der Waals surface area contributed by atoms with E-state index in [0.29, 0.717) is 0 Å².